The molecule has 6 nitrogen and oxygen atoms in total. The van der Waals surface area contributed by atoms with Crippen molar-refractivity contribution in [3.63, 3.8) is 0 Å². The number of amides is 1. The summed E-state index contributed by atoms with van der Waals surface area (Å²) in [5, 5.41) is 8.27. The van der Waals surface area contributed by atoms with Crippen molar-refractivity contribution in [2.75, 3.05) is 19.6 Å². The molecule has 0 aromatic rings. The summed E-state index contributed by atoms with van der Waals surface area (Å²) in [5.41, 5.74) is 6.90. The number of nitrogens with zero attached hydrogens (tertiary/aromatic N) is 1. The van der Waals surface area contributed by atoms with E-state index in [2.05, 4.69) is 40.4 Å². The molecule has 2 aliphatic heterocycles. The van der Waals surface area contributed by atoms with Gasteiger partial charge in [0.15, 0.2) is 0 Å². The van der Waals surface area contributed by atoms with Crippen molar-refractivity contribution >= 4 is 29.4 Å². The lowest BCUT2D eigenvalue weighted by Gasteiger charge is -2.37. The van der Waals surface area contributed by atoms with Crippen LogP contribution < -0.4 is 21.5 Å². The van der Waals surface area contributed by atoms with Crippen molar-refractivity contribution < 1.29 is 4.79 Å². The van der Waals surface area contributed by atoms with Gasteiger partial charge >= 0.3 is 0 Å². The molecule has 2 aliphatic carbocycles. The molecule has 2 saturated carbocycles. The second kappa shape index (κ2) is 9.22. The topological polar surface area (TPSA) is 68.4 Å². The largest absolute Gasteiger partial charge is 0.353 e. The summed E-state index contributed by atoms with van der Waals surface area (Å²) in [7, 11) is 2.15. The third-order valence-corrected chi connectivity index (χ3v) is 9.65. The maximum atomic E-state index is 13.0. The molecule has 27 heavy (non-hydrogen) atoms. The van der Waals surface area contributed by atoms with Gasteiger partial charge in [0.1, 0.15) is 5.50 Å². The van der Waals surface area contributed by atoms with Crippen molar-refractivity contribution in [2.45, 2.75) is 80.0 Å². The molecule has 2 heterocycles. The van der Waals surface area contributed by atoms with Crippen molar-refractivity contribution in [2.24, 2.45) is 11.8 Å². The Bertz CT molecular complexity index is 524. The Hall–Kier alpha value is 0.01000. The molecule has 4 N–H and O–H groups in total. The Balaban J connectivity index is 1.28. The molecule has 2 saturated heterocycles. The first-order valence-corrected chi connectivity index (χ1v) is 12.6. The predicted molar refractivity (Wildman–Crippen MR) is 114 cm³/mol. The van der Waals surface area contributed by atoms with Gasteiger partial charge in [-0.1, -0.05) is 19.8 Å². The number of thioether (sulfide) groups is 2. The fourth-order valence-electron chi connectivity index (χ4n) is 5.16. The van der Waals surface area contributed by atoms with Crippen molar-refractivity contribution in [3.8, 4) is 0 Å². The Morgan fingerprint density at radius 3 is 2.93 bits per heavy atom. The summed E-state index contributed by atoms with van der Waals surface area (Å²) < 4.78 is 0. The summed E-state index contributed by atoms with van der Waals surface area (Å²) in [6.45, 7) is 3.25. The van der Waals surface area contributed by atoms with Crippen LogP contribution in [0, 0.1) is 11.8 Å². The summed E-state index contributed by atoms with van der Waals surface area (Å²) in [4.78, 5) is 15.3. The number of carbonyl (C=O) groups excluding carboxylic acids is 1. The molecular formula is C19H35N5OS2. The average Bonchev–Trinajstić information content (AvgIpc) is 3.30. The van der Waals surface area contributed by atoms with E-state index in [0.717, 1.165) is 31.8 Å². The Kier molecular flexibility index (Phi) is 6.93. The van der Waals surface area contributed by atoms with Crippen molar-refractivity contribution in [3.05, 3.63) is 0 Å². The van der Waals surface area contributed by atoms with Gasteiger partial charge in [0, 0.05) is 28.5 Å². The normalized spacial score (nSPS) is 41.3. The van der Waals surface area contributed by atoms with Gasteiger partial charge in [-0.15, -0.1) is 23.5 Å². The van der Waals surface area contributed by atoms with Gasteiger partial charge < -0.3 is 10.6 Å². The molecule has 0 aromatic heterocycles. The number of hydrazine groups is 1. The van der Waals surface area contributed by atoms with E-state index < -0.39 is 0 Å². The third kappa shape index (κ3) is 4.78. The lowest BCUT2D eigenvalue weighted by molar-refractivity contribution is -0.127. The number of carbonyl (C=O) groups is 1. The molecule has 6 unspecified atom stereocenters. The molecule has 0 aromatic carbocycles. The molecule has 8 heteroatoms. The average molecular weight is 414 g/mol. The quantitative estimate of drug-likeness (QED) is 0.549. The summed E-state index contributed by atoms with van der Waals surface area (Å²) in [6, 6.07) is 0.759. The highest BCUT2D eigenvalue weighted by Gasteiger charge is 2.41. The lowest BCUT2D eigenvalue weighted by atomic mass is 9.81. The Morgan fingerprint density at radius 2 is 2.11 bits per heavy atom. The van der Waals surface area contributed by atoms with E-state index in [0.29, 0.717) is 39.9 Å². The number of rotatable bonds is 5. The molecule has 4 fully saturated rings. The second-order valence-electron chi connectivity index (χ2n) is 8.68. The monoisotopic (exact) mass is 413 g/mol. The highest BCUT2D eigenvalue weighted by atomic mass is 32.2. The van der Waals surface area contributed by atoms with Gasteiger partial charge in [0.25, 0.3) is 0 Å². The van der Waals surface area contributed by atoms with E-state index in [9.17, 15) is 4.79 Å². The number of fused-ring (bicyclic) bond motifs is 1. The summed E-state index contributed by atoms with van der Waals surface area (Å²) in [5.74, 6) is 2.18. The Morgan fingerprint density at radius 1 is 1.26 bits per heavy atom. The summed E-state index contributed by atoms with van der Waals surface area (Å²) in [6.07, 6.45) is 8.32. The van der Waals surface area contributed by atoms with Crippen molar-refractivity contribution in [1.82, 2.24) is 26.4 Å². The summed E-state index contributed by atoms with van der Waals surface area (Å²) >= 11 is 4.01. The minimum absolute atomic E-state index is 0.174. The molecule has 154 valence electrons. The van der Waals surface area contributed by atoms with Gasteiger partial charge in [-0.05, 0) is 45.1 Å². The van der Waals surface area contributed by atoms with Crippen molar-refractivity contribution in [1.29, 1.82) is 0 Å². The van der Waals surface area contributed by atoms with E-state index in [4.69, 9.17) is 0 Å². The molecule has 0 radical (unpaired) electrons. The maximum Gasteiger partial charge on any atom is 0.224 e. The van der Waals surface area contributed by atoms with Crippen LogP contribution in [0.3, 0.4) is 0 Å². The maximum absolute atomic E-state index is 13.0. The van der Waals surface area contributed by atoms with Gasteiger partial charge in [0.2, 0.25) is 5.91 Å². The fourth-order valence-corrected chi connectivity index (χ4v) is 7.80. The predicted octanol–water partition coefficient (Wildman–Crippen LogP) is 1.90. The van der Waals surface area contributed by atoms with Crippen LogP contribution in [0.5, 0.6) is 0 Å². The SMILES string of the molecule is C[C@H](SC1NNCN1C)C1CCCC(NC(=O)C2CCCC3SCNC32)C1. The molecule has 7 atom stereocenters. The zero-order valence-corrected chi connectivity index (χ0v) is 18.2. The molecule has 0 bridgehead atoms. The number of nitrogens with one attached hydrogen (secondary N) is 4. The van der Waals surface area contributed by atoms with E-state index in [1.54, 1.807) is 0 Å². The first-order chi connectivity index (χ1) is 13.1. The molecule has 4 rings (SSSR count). The third-order valence-electron chi connectivity index (χ3n) is 6.81. The van der Waals surface area contributed by atoms with Gasteiger partial charge in [0.05, 0.1) is 12.6 Å². The van der Waals surface area contributed by atoms with Crippen LogP contribution in [-0.4, -0.2) is 58.5 Å². The smallest absolute Gasteiger partial charge is 0.224 e. The standard InChI is InChI=1S/C19H35N5OS2/c1-12(27-19-23-21-10-24(19)2)13-5-3-6-14(9-13)22-18(25)15-7-4-8-16-17(15)20-11-26-16/h12-17,19-21,23H,3-11H2,1-2H3,(H,22,25)/t12-,13?,14?,15?,16?,17?,19?/m0/s1. The van der Waals surface area contributed by atoms with Crippen LogP contribution >= 0.6 is 23.5 Å². The lowest BCUT2D eigenvalue weighted by Crippen LogP contribution is -2.51. The zero-order chi connectivity index (χ0) is 18.8. The van der Waals surface area contributed by atoms with Crippen LogP contribution in [0.2, 0.25) is 0 Å². The van der Waals surface area contributed by atoms with Crippen LogP contribution in [0.15, 0.2) is 0 Å². The zero-order valence-electron chi connectivity index (χ0n) is 16.6. The molecule has 1 amide bonds. The minimum Gasteiger partial charge on any atom is -0.353 e. The van der Waals surface area contributed by atoms with Crippen LogP contribution in [0.4, 0.5) is 0 Å². The highest BCUT2D eigenvalue weighted by molar-refractivity contribution is 8.00. The molecular weight excluding hydrogens is 378 g/mol. The van der Waals surface area contributed by atoms with E-state index >= 15 is 0 Å². The second-order valence-corrected chi connectivity index (χ2v) is 11.4. The number of hydrogen-bond donors (Lipinski definition) is 4. The van der Waals surface area contributed by atoms with Gasteiger partial charge in [-0.2, -0.15) is 0 Å². The first kappa shape index (κ1) is 20.3. The first-order valence-electron chi connectivity index (χ1n) is 10.6. The Labute approximate surface area is 172 Å². The highest BCUT2D eigenvalue weighted by Crippen LogP contribution is 2.38. The van der Waals surface area contributed by atoms with E-state index in [1.807, 2.05) is 23.5 Å². The van der Waals surface area contributed by atoms with Gasteiger partial charge in [-0.3, -0.25) is 9.69 Å². The fraction of sp³-hybridized carbons (Fsp3) is 0.947. The minimum atomic E-state index is 0.174. The van der Waals surface area contributed by atoms with Crippen LogP contribution in [0.1, 0.15) is 51.9 Å². The number of hydrogen-bond acceptors (Lipinski definition) is 7. The van der Waals surface area contributed by atoms with E-state index in [-0.39, 0.29) is 5.92 Å². The van der Waals surface area contributed by atoms with E-state index in [1.165, 1.54) is 25.7 Å². The molecule has 0 spiro atoms. The molecule has 4 aliphatic rings. The van der Waals surface area contributed by atoms with Gasteiger partial charge in [-0.25, -0.2) is 10.9 Å². The van der Waals surface area contributed by atoms with Crippen LogP contribution in [-0.2, 0) is 4.79 Å². The van der Waals surface area contributed by atoms with Crippen LogP contribution in [0.25, 0.3) is 0 Å².